The zero-order valence-corrected chi connectivity index (χ0v) is 15.7. The molecule has 2 aliphatic rings. The summed E-state index contributed by atoms with van der Waals surface area (Å²) in [6.07, 6.45) is 7.83. The number of rotatable bonds is 3. The number of carbonyl (C=O) groups is 1. The summed E-state index contributed by atoms with van der Waals surface area (Å²) < 4.78 is 2.09. The quantitative estimate of drug-likeness (QED) is 0.913. The molecule has 4 rings (SSSR count). The molecule has 0 radical (unpaired) electrons. The van der Waals surface area contributed by atoms with Gasteiger partial charge in [0.05, 0.1) is 11.8 Å². The number of nitrogens with zero attached hydrogens (tertiary/aromatic N) is 4. The predicted octanol–water partition coefficient (Wildman–Crippen LogP) is 3.14. The molecule has 0 saturated heterocycles. The highest BCUT2D eigenvalue weighted by Crippen LogP contribution is 2.36. The van der Waals surface area contributed by atoms with Gasteiger partial charge in [-0.3, -0.25) is 9.79 Å². The Bertz CT molecular complexity index is 939. The summed E-state index contributed by atoms with van der Waals surface area (Å²) in [5.74, 6) is 1.34. The molecule has 138 valence electrons. The summed E-state index contributed by atoms with van der Waals surface area (Å²) in [5.41, 5.74) is 1.99. The van der Waals surface area contributed by atoms with Crippen LogP contribution in [0.3, 0.4) is 0 Å². The minimum atomic E-state index is -0.566. The summed E-state index contributed by atoms with van der Waals surface area (Å²) >= 11 is 0. The number of amides is 1. The SMILES string of the molecule is Cc1nnc2n1C1C=CC=CC1C(c1ccccc1)=NC2NC(=O)C(C)C. The Morgan fingerprint density at radius 1 is 1.11 bits per heavy atom. The summed E-state index contributed by atoms with van der Waals surface area (Å²) in [6, 6.07) is 10.2. The highest BCUT2D eigenvalue weighted by atomic mass is 16.2. The number of fused-ring (bicyclic) bond motifs is 3. The van der Waals surface area contributed by atoms with Crippen LogP contribution in [0.2, 0.25) is 0 Å². The van der Waals surface area contributed by atoms with Crippen molar-refractivity contribution in [3.63, 3.8) is 0 Å². The second kappa shape index (κ2) is 6.95. The lowest BCUT2D eigenvalue weighted by Crippen LogP contribution is -2.32. The topological polar surface area (TPSA) is 72.2 Å². The molecule has 1 aromatic carbocycles. The van der Waals surface area contributed by atoms with Gasteiger partial charge in [0.25, 0.3) is 0 Å². The van der Waals surface area contributed by atoms with Gasteiger partial charge < -0.3 is 9.88 Å². The van der Waals surface area contributed by atoms with Crippen molar-refractivity contribution in [1.29, 1.82) is 0 Å². The number of allylic oxidation sites excluding steroid dienone is 4. The van der Waals surface area contributed by atoms with Crippen LogP contribution in [0.1, 0.15) is 43.3 Å². The van der Waals surface area contributed by atoms with Crippen molar-refractivity contribution in [2.75, 3.05) is 0 Å². The number of aryl methyl sites for hydroxylation is 1. The fourth-order valence-corrected chi connectivity index (χ4v) is 3.59. The van der Waals surface area contributed by atoms with E-state index in [4.69, 9.17) is 4.99 Å². The van der Waals surface area contributed by atoms with Crippen molar-refractivity contribution in [3.8, 4) is 0 Å². The van der Waals surface area contributed by atoms with E-state index < -0.39 is 6.17 Å². The van der Waals surface area contributed by atoms with E-state index in [1.807, 2.05) is 51.1 Å². The zero-order chi connectivity index (χ0) is 19.0. The first-order valence-electron chi connectivity index (χ1n) is 9.26. The molecule has 2 heterocycles. The first-order valence-corrected chi connectivity index (χ1v) is 9.26. The number of hydrogen-bond donors (Lipinski definition) is 1. The van der Waals surface area contributed by atoms with Gasteiger partial charge >= 0.3 is 0 Å². The Morgan fingerprint density at radius 3 is 2.59 bits per heavy atom. The normalized spacial score (nSPS) is 23.4. The molecule has 1 amide bonds. The fraction of sp³-hybridized carbons (Fsp3) is 0.333. The molecule has 6 nitrogen and oxygen atoms in total. The molecular formula is C21H23N5O. The number of nitrogens with one attached hydrogen (secondary N) is 1. The van der Waals surface area contributed by atoms with Crippen LogP contribution in [0, 0.1) is 18.8 Å². The van der Waals surface area contributed by atoms with E-state index in [1.54, 1.807) is 0 Å². The highest BCUT2D eigenvalue weighted by Gasteiger charge is 2.36. The first kappa shape index (κ1) is 17.4. The van der Waals surface area contributed by atoms with Gasteiger partial charge in [-0.05, 0) is 12.5 Å². The van der Waals surface area contributed by atoms with E-state index in [2.05, 4.69) is 44.4 Å². The van der Waals surface area contributed by atoms with Gasteiger partial charge in [0.1, 0.15) is 5.82 Å². The highest BCUT2D eigenvalue weighted by molar-refractivity contribution is 6.04. The lowest BCUT2D eigenvalue weighted by Gasteiger charge is -2.26. The minimum absolute atomic E-state index is 0.0277. The summed E-state index contributed by atoms with van der Waals surface area (Å²) in [4.78, 5) is 17.4. The lowest BCUT2D eigenvalue weighted by molar-refractivity contribution is -0.124. The third-order valence-electron chi connectivity index (χ3n) is 5.00. The molecule has 27 heavy (non-hydrogen) atoms. The van der Waals surface area contributed by atoms with Crippen molar-refractivity contribution in [1.82, 2.24) is 20.1 Å². The Balaban J connectivity index is 1.88. The second-order valence-corrected chi connectivity index (χ2v) is 7.21. The molecule has 0 saturated carbocycles. The molecule has 1 aliphatic carbocycles. The van der Waals surface area contributed by atoms with Crippen LogP contribution >= 0.6 is 0 Å². The molecule has 1 N–H and O–H groups in total. The van der Waals surface area contributed by atoms with Crippen molar-refractivity contribution >= 4 is 11.6 Å². The lowest BCUT2D eigenvalue weighted by atomic mass is 9.87. The number of benzene rings is 1. The molecule has 0 spiro atoms. The zero-order valence-electron chi connectivity index (χ0n) is 15.7. The minimum Gasteiger partial charge on any atom is -0.328 e. The van der Waals surface area contributed by atoms with Crippen LogP contribution in [-0.2, 0) is 4.79 Å². The van der Waals surface area contributed by atoms with Crippen LogP contribution < -0.4 is 5.32 Å². The molecule has 2 aromatic rings. The summed E-state index contributed by atoms with van der Waals surface area (Å²) in [6.45, 7) is 5.68. The average Bonchev–Trinajstić information content (AvgIpc) is 3.00. The first-order chi connectivity index (χ1) is 13.1. The van der Waals surface area contributed by atoms with Gasteiger partial charge in [-0.25, -0.2) is 0 Å². The van der Waals surface area contributed by atoms with Gasteiger partial charge in [-0.1, -0.05) is 68.5 Å². The molecule has 0 bridgehead atoms. The van der Waals surface area contributed by atoms with E-state index in [9.17, 15) is 4.79 Å². The molecule has 1 aliphatic heterocycles. The van der Waals surface area contributed by atoms with Gasteiger partial charge in [-0.15, -0.1) is 10.2 Å². The fourth-order valence-electron chi connectivity index (χ4n) is 3.59. The van der Waals surface area contributed by atoms with Crippen LogP contribution in [0.4, 0.5) is 0 Å². The Hall–Kier alpha value is -3.02. The largest absolute Gasteiger partial charge is 0.328 e. The van der Waals surface area contributed by atoms with E-state index in [-0.39, 0.29) is 23.8 Å². The van der Waals surface area contributed by atoms with Crippen LogP contribution in [0.15, 0.2) is 59.6 Å². The van der Waals surface area contributed by atoms with E-state index >= 15 is 0 Å². The molecule has 6 heteroatoms. The van der Waals surface area contributed by atoms with E-state index in [1.165, 1.54) is 0 Å². The van der Waals surface area contributed by atoms with Gasteiger partial charge in [0.2, 0.25) is 5.91 Å². The van der Waals surface area contributed by atoms with Crippen molar-refractivity contribution in [2.45, 2.75) is 33.0 Å². The van der Waals surface area contributed by atoms with E-state index in [0.717, 1.165) is 17.1 Å². The monoisotopic (exact) mass is 361 g/mol. The second-order valence-electron chi connectivity index (χ2n) is 7.21. The maximum absolute atomic E-state index is 12.4. The van der Waals surface area contributed by atoms with Crippen LogP contribution in [0.5, 0.6) is 0 Å². The van der Waals surface area contributed by atoms with Crippen LogP contribution in [0.25, 0.3) is 0 Å². The Morgan fingerprint density at radius 2 is 1.85 bits per heavy atom. The number of hydrogen-bond acceptors (Lipinski definition) is 4. The van der Waals surface area contributed by atoms with Crippen LogP contribution in [-0.4, -0.2) is 26.4 Å². The summed E-state index contributed by atoms with van der Waals surface area (Å²) in [7, 11) is 0. The number of aromatic nitrogens is 3. The molecule has 3 unspecified atom stereocenters. The average molecular weight is 361 g/mol. The standard InChI is InChI=1S/C21H23N5O/c1-13(2)21(27)23-19-20-25-24-14(3)26(20)17-12-8-7-11-16(17)18(22-19)15-9-5-4-6-10-15/h4-13,16-17,19H,1-3H3,(H,23,27). The third kappa shape index (κ3) is 3.12. The smallest absolute Gasteiger partial charge is 0.224 e. The van der Waals surface area contributed by atoms with Gasteiger partial charge in [0, 0.05) is 11.8 Å². The Kier molecular flexibility index (Phi) is 4.48. The maximum atomic E-state index is 12.4. The molecule has 3 atom stereocenters. The van der Waals surface area contributed by atoms with E-state index in [0.29, 0.717) is 5.82 Å². The van der Waals surface area contributed by atoms with Crippen molar-refractivity contribution in [3.05, 3.63) is 71.8 Å². The molecular weight excluding hydrogens is 338 g/mol. The van der Waals surface area contributed by atoms with Gasteiger partial charge in [-0.2, -0.15) is 0 Å². The maximum Gasteiger partial charge on any atom is 0.224 e. The third-order valence-corrected chi connectivity index (χ3v) is 5.00. The van der Waals surface area contributed by atoms with Gasteiger partial charge in [0.15, 0.2) is 12.0 Å². The summed E-state index contributed by atoms with van der Waals surface area (Å²) in [5, 5.41) is 11.7. The van der Waals surface area contributed by atoms with Crippen molar-refractivity contribution < 1.29 is 4.79 Å². The number of aliphatic imine (C=N–C) groups is 1. The Labute approximate surface area is 158 Å². The predicted molar refractivity (Wildman–Crippen MR) is 104 cm³/mol. The number of carbonyl (C=O) groups excluding carboxylic acids is 1. The molecule has 0 fully saturated rings. The van der Waals surface area contributed by atoms with Crippen molar-refractivity contribution in [2.24, 2.45) is 16.8 Å². The molecule has 1 aromatic heterocycles.